The molecule has 5 nitrogen and oxygen atoms in total. The Morgan fingerprint density at radius 1 is 1.10 bits per heavy atom. The quantitative estimate of drug-likeness (QED) is 0.647. The lowest BCUT2D eigenvalue weighted by molar-refractivity contribution is -0.128. The van der Waals surface area contributed by atoms with Gasteiger partial charge in [0.25, 0.3) is 5.91 Å². The van der Waals surface area contributed by atoms with Crippen molar-refractivity contribution in [3.63, 3.8) is 0 Å². The molecular formula is C23H23N3O2S. The van der Waals surface area contributed by atoms with Crippen molar-refractivity contribution in [3.8, 4) is 0 Å². The summed E-state index contributed by atoms with van der Waals surface area (Å²) >= 11 is 1.69. The monoisotopic (exact) mass is 405 g/mol. The summed E-state index contributed by atoms with van der Waals surface area (Å²) in [7, 11) is 0. The number of likely N-dealkylation sites (tertiary alicyclic amines) is 2. The van der Waals surface area contributed by atoms with Gasteiger partial charge < -0.3 is 9.80 Å². The van der Waals surface area contributed by atoms with Crippen molar-refractivity contribution >= 4 is 33.4 Å². The van der Waals surface area contributed by atoms with Gasteiger partial charge in [-0.3, -0.25) is 9.59 Å². The van der Waals surface area contributed by atoms with Crippen molar-refractivity contribution in [2.24, 2.45) is 0 Å². The van der Waals surface area contributed by atoms with E-state index in [1.54, 1.807) is 11.3 Å². The van der Waals surface area contributed by atoms with Crippen LogP contribution in [0.15, 0.2) is 48.5 Å². The van der Waals surface area contributed by atoms with Crippen LogP contribution < -0.4 is 0 Å². The Balaban J connectivity index is 1.37. The van der Waals surface area contributed by atoms with Gasteiger partial charge in [0, 0.05) is 31.6 Å². The van der Waals surface area contributed by atoms with Crippen molar-refractivity contribution in [2.45, 2.75) is 38.3 Å². The van der Waals surface area contributed by atoms with Crippen molar-refractivity contribution in [1.82, 2.24) is 14.8 Å². The molecule has 2 saturated heterocycles. The third kappa shape index (κ3) is 3.53. The molecule has 0 spiro atoms. The van der Waals surface area contributed by atoms with Gasteiger partial charge in [-0.05, 0) is 49.1 Å². The van der Waals surface area contributed by atoms with Crippen LogP contribution in [0.4, 0.5) is 0 Å². The van der Waals surface area contributed by atoms with Crippen LogP contribution >= 0.6 is 11.3 Å². The molecule has 1 atom stereocenters. The van der Waals surface area contributed by atoms with E-state index < -0.39 is 0 Å². The van der Waals surface area contributed by atoms with E-state index in [1.807, 2.05) is 52.3 Å². The van der Waals surface area contributed by atoms with Crippen LogP contribution in [0.2, 0.25) is 0 Å². The molecule has 2 aliphatic heterocycles. The van der Waals surface area contributed by atoms with Gasteiger partial charge in [0.2, 0.25) is 5.91 Å². The second kappa shape index (κ2) is 7.59. The lowest BCUT2D eigenvalue weighted by Gasteiger charge is -2.23. The van der Waals surface area contributed by atoms with Gasteiger partial charge in [0.05, 0.1) is 16.3 Å². The molecule has 2 aliphatic rings. The first-order valence-corrected chi connectivity index (χ1v) is 11.0. The lowest BCUT2D eigenvalue weighted by Crippen LogP contribution is -2.30. The number of carbonyl (C=O) groups excluding carboxylic acids is 2. The molecule has 0 bridgehead atoms. The number of para-hydroxylation sites is 1. The number of hydrogen-bond donors (Lipinski definition) is 0. The Kier molecular flexibility index (Phi) is 4.79. The summed E-state index contributed by atoms with van der Waals surface area (Å²) in [5, 5.41) is 1.02. The van der Waals surface area contributed by atoms with Crippen molar-refractivity contribution < 1.29 is 9.59 Å². The van der Waals surface area contributed by atoms with E-state index in [0.717, 1.165) is 48.4 Å². The average Bonchev–Trinajstić information content (AvgIpc) is 3.47. The predicted octanol–water partition coefficient (Wildman–Crippen LogP) is 4.40. The number of benzene rings is 2. The van der Waals surface area contributed by atoms with E-state index in [4.69, 9.17) is 4.98 Å². The molecule has 6 heteroatoms. The molecule has 2 fully saturated rings. The van der Waals surface area contributed by atoms with Gasteiger partial charge in [-0.1, -0.05) is 24.3 Å². The first-order valence-electron chi connectivity index (χ1n) is 10.2. The molecule has 29 heavy (non-hydrogen) atoms. The highest BCUT2D eigenvalue weighted by Crippen LogP contribution is 2.37. The van der Waals surface area contributed by atoms with Crippen LogP contribution in [0.5, 0.6) is 0 Å². The number of fused-ring (bicyclic) bond motifs is 1. The number of nitrogens with zero attached hydrogens (tertiary/aromatic N) is 3. The van der Waals surface area contributed by atoms with Crippen LogP contribution in [0, 0.1) is 0 Å². The van der Waals surface area contributed by atoms with Crippen LogP contribution in [0.25, 0.3) is 10.2 Å². The minimum Gasteiger partial charge on any atom is -0.338 e. The molecule has 2 aromatic carbocycles. The molecule has 148 valence electrons. The van der Waals surface area contributed by atoms with Gasteiger partial charge >= 0.3 is 0 Å². The number of rotatable bonds is 4. The van der Waals surface area contributed by atoms with E-state index in [9.17, 15) is 9.59 Å². The van der Waals surface area contributed by atoms with Crippen molar-refractivity contribution in [3.05, 3.63) is 64.7 Å². The first-order chi connectivity index (χ1) is 14.2. The van der Waals surface area contributed by atoms with Gasteiger partial charge in [0.1, 0.15) is 5.01 Å². The van der Waals surface area contributed by atoms with Crippen LogP contribution in [0.3, 0.4) is 0 Å². The molecule has 0 aliphatic carbocycles. The van der Waals surface area contributed by atoms with Gasteiger partial charge in [-0.2, -0.15) is 0 Å². The zero-order chi connectivity index (χ0) is 19.8. The zero-order valence-corrected chi connectivity index (χ0v) is 17.0. The van der Waals surface area contributed by atoms with E-state index in [2.05, 4.69) is 6.07 Å². The maximum atomic E-state index is 13.3. The van der Waals surface area contributed by atoms with E-state index in [-0.39, 0.29) is 17.9 Å². The summed E-state index contributed by atoms with van der Waals surface area (Å²) in [4.78, 5) is 33.9. The van der Waals surface area contributed by atoms with Crippen molar-refractivity contribution in [1.29, 1.82) is 0 Å². The minimum absolute atomic E-state index is 0.0451. The smallest absolute Gasteiger partial charge is 0.254 e. The highest BCUT2D eigenvalue weighted by molar-refractivity contribution is 7.18. The molecule has 3 heterocycles. The number of thiazole rings is 1. The number of aromatic nitrogens is 1. The third-order valence-electron chi connectivity index (χ3n) is 5.83. The second-order valence-corrected chi connectivity index (χ2v) is 8.86. The second-order valence-electron chi connectivity index (χ2n) is 7.80. The maximum Gasteiger partial charge on any atom is 0.254 e. The molecule has 0 saturated carbocycles. The maximum absolute atomic E-state index is 13.3. The Hall–Kier alpha value is -2.73. The molecule has 0 unspecified atom stereocenters. The lowest BCUT2D eigenvalue weighted by atomic mass is 10.1. The Labute approximate surface area is 174 Å². The normalized spacial score (nSPS) is 19.4. The topological polar surface area (TPSA) is 53.5 Å². The molecule has 5 rings (SSSR count). The largest absolute Gasteiger partial charge is 0.338 e. The van der Waals surface area contributed by atoms with Gasteiger partial charge in [-0.25, -0.2) is 4.98 Å². The molecule has 0 radical (unpaired) electrons. The molecule has 3 aromatic rings. The summed E-state index contributed by atoms with van der Waals surface area (Å²) in [6.07, 6.45) is 3.51. The predicted molar refractivity (Wildman–Crippen MR) is 114 cm³/mol. The molecular weight excluding hydrogens is 382 g/mol. The van der Waals surface area contributed by atoms with Gasteiger partial charge in [0.15, 0.2) is 0 Å². The summed E-state index contributed by atoms with van der Waals surface area (Å²) < 4.78 is 1.17. The number of carbonyl (C=O) groups is 2. The SMILES string of the molecule is O=C1CCCN1Cc1cccc(C(=O)N2CCC[C@@H]2c2nc3ccccc3s2)c1. The van der Waals surface area contributed by atoms with E-state index >= 15 is 0 Å². The van der Waals surface area contributed by atoms with Crippen molar-refractivity contribution in [2.75, 3.05) is 13.1 Å². The molecule has 2 amide bonds. The summed E-state index contributed by atoms with van der Waals surface area (Å²) in [5.41, 5.74) is 2.72. The van der Waals surface area contributed by atoms with E-state index in [1.165, 1.54) is 4.70 Å². The highest BCUT2D eigenvalue weighted by Gasteiger charge is 2.33. The fourth-order valence-electron chi connectivity index (χ4n) is 4.36. The van der Waals surface area contributed by atoms with Crippen LogP contribution in [-0.2, 0) is 11.3 Å². The summed E-state index contributed by atoms with van der Waals surface area (Å²) in [6, 6.07) is 15.9. The molecule has 1 aromatic heterocycles. The van der Waals surface area contributed by atoms with Crippen LogP contribution in [-0.4, -0.2) is 39.7 Å². The fraction of sp³-hybridized carbons (Fsp3) is 0.348. The molecule has 0 N–H and O–H groups in total. The highest BCUT2D eigenvalue weighted by atomic mass is 32.1. The third-order valence-corrected chi connectivity index (χ3v) is 6.97. The minimum atomic E-state index is 0.0451. The Bertz CT molecular complexity index is 1040. The Morgan fingerprint density at radius 3 is 2.83 bits per heavy atom. The average molecular weight is 406 g/mol. The van der Waals surface area contributed by atoms with Crippen LogP contribution in [0.1, 0.15) is 52.7 Å². The number of amides is 2. The first kappa shape index (κ1) is 18.3. The summed E-state index contributed by atoms with van der Waals surface area (Å²) in [5.74, 6) is 0.263. The Morgan fingerprint density at radius 2 is 2.00 bits per heavy atom. The standard InChI is InChI=1S/C23H23N3O2S/c27-21-11-5-12-25(21)15-16-6-3-7-17(14-16)23(28)26-13-4-9-19(26)22-24-18-8-1-2-10-20(18)29-22/h1-3,6-8,10,14,19H,4-5,9,11-13,15H2/t19-/m1/s1. The van der Waals surface area contributed by atoms with Gasteiger partial charge in [-0.15, -0.1) is 11.3 Å². The summed E-state index contributed by atoms with van der Waals surface area (Å²) in [6.45, 7) is 2.15. The fourth-order valence-corrected chi connectivity index (χ4v) is 5.47. The van der Waals surface area contributed by atoms with E-state index in [0.29, 0.717) is 18.5 Å². The zero-order valence-electron chi connectivity index (χ0n) is 16.2. The number of hydrogen-bond acceptors (Lipinski definition) is 4.